The van der Waals surface area contributed by atoms with E-state index in [1.165, 1.54) is 55.1 Å². The van der Waals surface area contributed by atoms with Crippen molar-refractivity contribution in [2.24, 2.45) is 0 Å². The molecule has 2 amide bonds. The third-order valence-electron chi connectivity index (χ3n) is 5.07. The van der Waals surface area contributed by atoms with Gasteiger partial charge in [-0.1, -0.05) is 0 Å². The molecule has 1 aromatic carbocycles. The minimum Gasteiger partial charge on any atom is -0.486 e. The zero-order chi connectivity index (χ0) is 24.4. The fourth-order valence-corrected chi connectivity index (χ4v) is 4.79. The lowest BCUT2D eigenvalue weighted by atomic mass is 10.0. The lowest BCUT2D eigenvalue weighted by molar-refractivity contribution is -0.149. The molecule has 2 unspecified atom stereocenters. The zero-order valence-electron chi connectivity index (χ0n) is 17.8. The molecule has 10 nitrogen and oxygen atoms in total. The second-order valence-electron chi connectivity index (χ2n) is 7.41. The van der Waals surface area contributed by atoms with Crippen molar-refractivity contribution in [3.63, 3.8) is 0 Å². The molecule has 3 heterocycles. The maximum atomic E-state index is 13.0. The maximum Gasteiger partial charge on any atom is 0.352 e. The summed E-state index contributed by atoms with van der Waals surface area (Å²) < 4.78 is 28.8. The van der Waals surface area contributed by atoms with Gasteiger partial charge in [0.25, 0.3) is 11.8 Å². The van der Waals surface area contributed by atoms with Crippen LogP contribution in [0.2, 0.25) is 0 Å². The number of ether oxygens (including phenoxy) is 2. The number of nitrogens with one attached hydrogen (secondary N) is 1. The van der Waals surface area contributed by atoms with E-state index in [-0.39, 0.29) is 30.4 Å². The Balaban J connectivity index is 1.37. The Morgan fingerprint density at radius 3 is 2.62 bits per heavy atom. The summed E-state index contributed by atoms with van der Waals surface area (Å²) >= 11 is 1.26. The van der Waals surface area contributed by atoms with Crippen LogP contribution in [0, 0.1) is 5.82 Å². The lowest BCUT2D eigenvalue weighted by Gasteiger charge is -2.49. The Labute approximate surface area is 196 Å². The number of hydrogen-bond acceptors (Lipinski definition) is 8. The number of carboxylic acids is 1. The van der Waals surface area contributed by atoms with Crippen molar-refractivity contribution in [3.8, 4) is 5.75 Å². The molecule has 12 heteroatoms. The van der Waals surface area contributed by atoms with Crippen molar-refractivity contribution >= 4 is 35.5 Å². The van der Waals surface area contributed by atoms with Gasteiger partial charge >= 0.3 is 11.9 Å². The number of carbonyl (C=O) groups excluding carboxylic acids is 3. The number of furan rings is 1. The largest absolute Gasteiger partial charge is 0.486 e. The molecule has 2 atom stereocenters. The van der Waals surface area contributed by atoms with Crippen LogP contribution in [-0.4, -0.2) is 57.5 Å². The molecular formula is C22H19FN2O8S. The minimum atomic E-state index is -1.32. The van der Waals surface area contributed by atoms with Gasteiger partial charge in [-0.15, -0.1) is 11.8 Å². The maximum absolute atomic E-state index is 13.0. The third-order valence-corrected chi connectivity index (χ3v) is 6.41. The summed E-state index contributed by atoms with van der Waals surface area (Å²) in [6, 6.07) is 7.44. The first-order valence-corrected chi connectivity index (χ1v) is 11.1. The van der Waals surface area contributed by atoms with E-state index in [2.05, 4.69) is 5.32 Å². The number of benzene rings is 1. The summed E-state index contributed by atoms with van der Waals surface area (Å²) in [5, 5.41) is 11.5. The molecule has 4 rings (SSSR count). The van der Waals surface area contributed by atoms with Crippen LogP contribution in [-0.2, 0) is 25.7 Å². The molecule has 2 aromatic rings. The Bertz CT molecular complexity index is 1180. The van der Waals surface area contributed by atoms with Gasteiger partial charge in [-0.2, -0.15) is 0 Å². The molecule has 0 spiro atoms. The number of rotatable bonds is 8. The molecule has 178 valence electrons. The van der Waals surface area contributed by atoms with Gasteiger partial charge in [-0.3, -0.25) is 19.3 Å². The highest BCUT2D eigenvalue weighted by atomic mass is 32.2. The first-order valence-electron chi connectivity index (χ1n) is 10.1. The van der Waals surface area contributed by atoms with E-state index in [1.54, 1.807) is 0 Å². The molecular weight excluding hydrogens is 471 g/mol. The molecule has 0 saturated carbocycles. The molecule has 1 fully saturated rings. The Morgan fingerprint density at radius 1 is 1.21 bits per heavy atom. The van der Waals surface area contributed by atoms with E-state index in [4.69, 9.17) is 13.9 Å². The van der Waals surface area contributed by atoms with Gasteiger partial charge in [-0.05, 0) is 36.4 Å². The highest BCUT2D eigenvalue weighted by Crippen LogP contribution is 2.40. The number of esters is 1. The zero-order valence-corrected chi connectivity index (χ0v) is 18.6. The summed E-state index contributed by atoms with van der Waals surface area (Å²) in [6.45, 7) is 0.979. The van der Waals surface area contributed by atoms with Crippen molar-refractivity contribution in [2.45, 2.75) is 24.9 Å². The number of carbonyl (C=O) groups is 4. The van der Waals surface area contributed by atoms with E-state index in [1.807, 2.05) is 0 Å². The highest BCUT2D eigenvalue weighted by molar-refractivity contribution is 8.00. The summed E-state index contributed by atoms with van der Waals surface area (Å²) in [7, 11) is 0. The Hall–Kier alpha value is -3.80. The Morgan fingerprint density at radius 2 is 1.94 bits per heavy atom. The van der Waals surface area contributed by atoms with Gasteiger partial charge in [0.15, 0.2) is 5.76 Å². The first-order chi connectivity index (χ1) is 16.2. The van der Waals surface area contributed by atoms with Crippen molar-refractivity contribution in [3.05, 3.63) is 65.0 Å². The number of halogens is 1. The number of amides is 2. The number of aliphatic carboxylic acids is 1. The monoisotopic (exact) mass is 490 g/mol. The number of thioether (sulfide) groups is 1. The van der Waals surface area contributed by atoms with Crippen LogP contribution in [0.4, 0.5) is 4.39 Å². The minimum absolute atomic E-state index is 0.00536. The number of hydrogen-bond donors (Lipinski definition) is 2. The van der Waals surface area contributed by atoms with Gasteiger partial charge < -0.3 is 24.3 Å². The van der Waals surface area contributed by atoms with Crippen LogP contribution in [0.15, 0.2) is 52.1 Å². The molecule has 1 saturated heterocycles. The Kier molecular flexibility index (Phi) is 6.59. The molecule has 2 aliphatic rings. The second-order valence-corrected chi connectivity index (χ2v) is 8.51. The van der Waals surface area contributed by atoms with Gasteiger partial charge in [0.2, 0.25) is 0 Å². The molecule has 2 aliphatic heterocycles. The number of fused-ring (bicyclic) bond motifs is 1. The van der Waals surface area contributed by atoms with Gasteiger partial charge in [-0.25, -0.2) is 9.18 Å². The first kappa shape index (κ1) is 23.4. The standard InChI is InChI=1S/C22H19FN2O8S/c1-11(26)31-8-12-10-34-21-17(20(28)25(21)18(12)22(29)30)24-19(27)16-7-6-15(33-16)9-32-14-4-2-13(23)3-5-14/h2-7,17,21H,8-10H2,1H3,(H,24,27)(H,29,30). The second kappa shape index (κ2) is 9.59. The number of β-lactam (4-membered cyclic amide) rings is 1. The van der Waals surface area contributed by atoms with Crippen LogP contribution in [0.25, 0.3) is 0 Å². The topological polar surface area (TPSA) is 135 Å². The predicted octanol–water partition coefficient (Wildman–Crippen LogP) is 1.91. The van der Waals surface area contributed by atoms with E-state index in [0.29, 0.717) is 17.1 Å². The van der Waals surface area contributed by atoms with E-state index in [0.717, 1.165) is 4.90 Å². The van der Waals surface area contributed by atoms with Crippen LogP contribution in [0.3, 0.4) is 0 Å². The molecule has 0 aliphatic carbocycles. The van der Waals surface area contributed by atoms with Crippen LogP contribution in [0.5, 0.6) is 5.75 Å². The SMILES string of the molecule is CC(=O)OCC1=C(C(=O)O)N2C(=O)C(NC(=O)c3ccc(COc4ccc(F)cc4)o3)C2SC1. The van der Waals surface area contributed by atoms with Crippen molar-refractivity contribution in [2.75, 3.05) is 12.4 Å². The quantitative estimate of drug-likeness (QED) is 0.420. The average molecular weight is 490 g/mol. The van der Waals surface area contributed by atoms with Crippen LogP contribution >= 0.6 is 11.8 Å². The van der Waals surface area contributed by atoms with E-state index >= 15 is 0 Å². The van der Waals surface area contributed by atoms with Crippen LogP contribution in [0.1, 0.15) is 23.2 Å². The summed E-state index contributed by atoms with van der Waals surface area (Å²) in [5.41, 5.74) is 0.0673. The molecule has 1 aromatic heterocycles. The fraction of sp³-hybridized carbons (Fsp3) is 0.273. The van der Waals surface area contributed by atoms with Crippen molar-refractivity contribution in [1.29, 1.82) is 0 Å². The molecule has 0 bridgehead atoms. The van der Waals surface area contributed by atoms with E-state index in [9.17, 15) is 28.7 Å². The third kappa shape index (κ3) is 4.76. The molecule has 0 radical (unpaired) electrons. The van der Waals surface area contributed by atoms with Gasteiger partial charge in [0.1, 0.15) is 47.7 Å². The lowest BCUT2D eigenvalue weighted by Crippen LogP contribution is -2.70. The van der Waals surface area contributed by atoms with Crippen molar-refractivity contribution in [1.82, 2.24) is 10.2 Å². The smallest absolute Gasteiger partial charge is 0.352 e. The van der Waals surface area contributed by atoms with Gasteiger partial charge in [0.05, 0.1) is 0 Å². The van der Waals surface area contributed by atoms with Gasteiger partial charge in [0, 0.05) is 18.2 Å². The molecule has 34 heavy (non-hydrogen) atoms. The van der Waals surface area contributed by atoms with Crippen molar-refractivity contribution < 1.29 is 42.6 Å². The van der Waals surface area contributed by atoms with E-state index < -0.39 is 41.0 Å². The summed E-state index contributed by atoms with van der Waals surface area (Å²) in [5.74, 6) is -2.56. The number of nitrogens with zero attached hydrogens (tertiary/aromatic N) is 1. The predicted molar refractivity (Wildman–Crippen MR) is 115 cm³/mol. The summed E-state index contributed by atoms with van der Waals surface area (Å²) in [4.78, 5) is 49.2. The fourth-order valence-electron chi connectivity index (χ4n) is 3.46. The normalized spacial score (nSPS) is 19.2. The summed E-state index contributed by atoms with van der Waals surface area (Å²) in [6.07, 6.45) is 0. The number of carboxylic acid groups (broad SMARTS) is 1. The highest BCUT2D eigenvalue weighted by Gasteiger charge is 2.54. The van der Waals surface area contributed by atoms with Crippen LogP contribution < -0.4 is 10.1 Å². The molecule has 2 N–H and O–H groups in total. The average Bonchev–Trinajstić information content (AvgIpc) is 3.29.